The zero-order valence-electron chi connectivity index (χ0n) is 14.8. The van der Waals surface area contributed by atoms with Crippen molar-refractivity contribution in [1.82, 2.24) is 4.90 Å². The van der Waals surface area contributed by atoms with Gasteiger partial charge in [0, 0.05) is 13.1 Å². The van der Waals surface area contributed by atoms with Crippen LogP contribution in [0, 0.1) is 11.3 Å². The van der Waals surface area contributed by atoms with E-state index < -0.39 is 10.0 Å². The predicted molar refractivity (Wildman–Crippen MR) is 101 cm³/mol. The second-order valence-corrected chi connectivity index (χ2v) is 7.73. The molecule has 0 unspecified atom stereocenters. The normalized spacial score (nSPS) is 10.8. The van der Waals surface area contributed by atoms with Crippen molar-refractivity contribution in [3.05, 3.63) is 65.7 Å². The van der Waals surface area contributed by atoms with Crippen LogP contribution in [-0.4, -0.2) is 38.6 Å². The number of likely N-dealkylation sites (N-methyl/N-ethyl adjacent to an activating group) is 1. The number of nitriles is 1. The molecule has 136 valence electrons. The highest BCUT2D eigenvalue weighted by atomic mass is 32.2. The Morgan fingerprint density at radius 3 is 2.38 bits per heavy atom. The summed E-state index contributed by atoms with van der Waals surface area (Å²) in [7, 11) is -3.68. The van der Waals surface area contributed by atoms with Gasteiger partial charge in [0.1, 0.15) is 6.54 Å². The van der Waals surface area contributed by atoms with Crippen molar-refractivity contribution >= 4 is 21.6 Å². The molecule has 0 radical (unpaired) electrons. The smallest absolute Gasteiger partial charge is 0.243 e. The Kier molecular flexibility index (Phi) is 6.36. The van der Waals surface area contributed by atoms with Gasteiger partial charge in [-0.3, -0.25) is 9.10 Å². The number of amides is 1. The number of sulfonamides is 1. The molecule has 1 amide bonds. The number of benzene rings is 2. The van der Waals surface area contributed by atoms with Crippen molar-refractivity contribution in [3.63, 3.8) is 0 Å². The van der Waals surface area contributed by atoms with Crippen LogP contribution in [0.1, 0.15) is 18.1 Å². The van der Waals surface area contributed by atoms with E-state index in [2.05, 4.69) is 0 Å². The predicted octanol–water partition coefficient (Wildman–Crippen LogP) is 2.37. The molecule has 0 aliphatic rings. The van der Waals surface area contributed by atoms with Gasteiger partial charge in [0.2, 0.25) is 15.9 Å². The molecule has 0 aromatic heterocycles. The van der Waals surface area contributed by atoms with Crippen LogP contribution in [0.4, 0.5) is 5.69 Å². The lowest BCUT2D eigenvalue weighted by molar-refractivity contribution is -0.129. The van der Waals surface area contributed by atoms with Crippen molar-refractivity contribution in [2.24, 2.45) is 0 Å². The van der Waals surface area contributed by atoms with E-state index in [0.717, 1.165) is 16.1 Å². The summed E-state index contributed by atoms with van der Waals surface area (Å²) in [5.74, 6) is -0.302. The summed E-state index contributed by atoms with van der Waals surface area (Å²) in [6, 6.07) is 17.7. The molecule has 0 atom stereocenters. The minimum atomic E-state index is -3.68. The lowest BCUT2D eigenvalue weighted by Crippen LogP contribution is -2.42. The van der Waals surface area contributed by atoms with Gasteiger partial charge >= 0.3 is 0 Å². The first kappa shape index (κ1) is 19.5. The van der Waals surface area contributed by atoms with Crippen LogP contribution < -0.4 is 4.31 Å². The molecule has 0 saturated carbocycles. The summed E-state index contributed by atoms with van der Waals surface area (Å²) in [5, 5.41) is 9.03. The number of nitrogens with zero attached hydrogens (tertiary/aromatic N) is 3. The van der Waals surface area contributed by atoms with Crippen LogP contribution in [0.3, 0.4) is 0 Å². The summed E-state index contributed by atoms with van der Waals surface area (Å²) >= 11 is 0. The first-order valence-electron chi connectivity index (χ1n) is 8.14. The fourth-order valence-corrected chi connectivity index (χ4v) is 3.38. The van der Waals surface area contributed by atoms with E-state index in [9.17, 15) is 13.2 Å². The Morgan fingerprint density at radius 2 is 1.81 bits per heavy atom. The maximum absolute atomic E-state index is 12.7. The fourth-order valence-electron chi connectivity index (χ4n) is 2.53. The van der Waals surface area contributed by atoms with Gasteiger partial charge in [-0.05, 0) is 30.7 Å². The average molecular weight is 371 g/mol. The van der Waals surface area contributed by atoms with Gasteiger partial charge in [-0.1, -0.05) is 36.4 Å². The number of rotatable bonds is 7. The van der Waals surface area contributed by atoms with Crippen LogP contribution >= 0.6 is 0 Å². The monoisotopic (exact) mass is 371 g/mol. The molecule has 0 spiro atoms. The van der Waals surface area contributed by atoms with E-state index in [1.54, 1.807) is 23.1 Å². The second kappa shape index (κ2) is 8.50. The van der Waals surface area contributed by atoms with Gasteiger partial charge in [-0.2, -0.15) is 5.26 Å². The number of carbonyl (C=O) groups is 1. The van der Waals surface area contributed by atoms with Gasteiger partial charge in [0.25, 0.3) is 0 Å². The third-order valence-corrected chi connectivity index (χ3v) is 5.03. The molecule has 2 rings (SSSR count). The third kappa shape index (κ3) is 5.07. The first-order chi connectivity index (χ1) is 12.3. The summed E-state index contributed by atoms with van der Waals surface area (Å²) in [5.41, 5.74) is 1.61. The molecule has 0 N–H and O–H groups in total. The van der Waals surface area contributed by atoms with Gasteiger partial charge < -0.3 is 4.90 Å². The number of anilines is 1. The van der Waals surface area contributed by atoms with Crippen molar-refractivity contribution in [1.29, 1.82) is 5.26 Å². The van der Waals surface area contributed by atoms with Crippen LogP contribution in [0.5, 0.6) is 0 Å². The molecule has 6 nitrogen and oxygen atoms in total. The first-order valence-corrected chi connectivity index (χ1v) is 9.99. The average Bonchev–Trinajstić information content (AvgIpc) is 2.63. The zero-order valence-corrected chi connectivity index (χ0v) is 15.6. The molecule has 0 aliphatic carbocycles. The lowest BCUT2D eigenvalue weighted by Gasteiger charge is -2.27. The molecule has 2 aromatic carbocycles. The Labute approximate surface area is 154 Å². The topological polar surface area (TPSA) is 81.5 Å². The van der Waals surface area contributed by atoms with E-state index in [1.165, 1.54) is 6.07 Å². The van der Waals surface area contributed by atoms with Gasteiger partial charge in [0.15, 0.2) is 0 Å². The molecular formula is C19H21N3O3S. The van der Waals surface area contributed by atoms with Gasteiger partial charge in [-0.15, -0.1) is 0 Å². The van der Waals surface area contributed by atoms with E-state index >= 15 is 0 Å². The molecule has 2 aromatic rings. The number of hydrogen-bond acceptors (Lipinski definition) is 4. The third-order valence-electron chi connectivity index (χ3n) is 3.89. The Morgan fingerprint density at radius 1 is 1.12 bits per heavy atom. The summed E-state index contributed by atoms with van der Waals surface area (Å²) in [4.78, 5) is 14.3. The summed E-state index contributed by atoms with van der Waals surface area (Å²) < 4.78 is 25.4. The molecule has 0 aliphatic heterocycles. The maximum atomic E-state index is 12.7. The molecule has 0 saturated heterocycles. The second-order valence-electron chi connectivity index (χ2n) is 5.83. The molecular weight excluding hydrogens is 350 g/mol. The van der Waals surface area contributed by atoms with Crippen molar-refractivity contribution in [3.8, 4) is 6.07 Å². The zero-order chi connectivity index (χ0) is 19.2. The van der Waals surface area contributed by atoms with E-state index in [0.29, 0.717) is 24.3 Å². The molecule has 0 bridgehead atoms. The van der Waals surface area contributed by atoms with Gasteiger partial charge in [-0.25, -0.2) is 8.42 Å². The molecule has 7 heteroatoms. The van der Waals surface area contributed by atoms with Crippen molar-refractivity contribution in [2.45, 2.75) is 13.5 Å². The van der Waals surface area contributed by atoms with Crippen LogP contribution in [0.2, 0.25) is 0 Å². The Bertz CT molecular complexity index is 905. The molecule has 26 heavy (non-hydrogen) atoms. The standard InChI is InChI=1S/C19H21N3O3S/c1-3-21(14-16-8-5-4-6-9-16)19(23)15-22(26(2,24)25)18-11-7-10-17(12-18)13-20/h4-12H,3,14-15H2,1-2H3. The minimum absolute atomic E-state index is 0.302. The Balaban J connectivity index is 2.24. The molecule has 0 heterocycles. The largest absolute Gasteiger partial charge is 0.337 e. The number of carbonyl (C=O) groups excluding carboxylic acids is 1. The van der Waals surface area contributed by atoms with E-state index in [4.69, 9.17) is 5.26 Å². The SMILES string of the molecule is CCN(Cc1ccccc1)C(=O)CN(c1cccc(C#N)c1)S(C)(=O)=O. The summed E-state index contributed by atoms with van der Waals surface area (Å²) in [6.45, 7) is 2.41. The van der Waals surface area contributed by atoms with Gasteiger partial charge in [0.05, 0.1) is 23.6 Å². The van der Waals surface area contributed by atoms with Crippen LogP contribution in [0.15, 0.2) is 54.6 Å². The molecule has 0 fully saturated rings. The van der Waals surface area contributed by atoms with Crippen molar-refractivity contribution < 1.29 is 13.2 Å². The van der Waals surface area contributed by atoms with Crippen LogP contribution in [0.25, 0.3) is 0 Å². The highest BCUT2D eigenvalue weighted by Crippen LogP contribution is 2.19. The summed E-state index contributed by atoms with van der Waals surface area (Å²) in [6.07, 6.45) is 1.05. The lowest BCUT2D eigenvalue weighted by atomic mass is 10.2. The number of hydrogen-bond donors (Lipinski definition) is 0. The maximum Gasteiger partial charge on any atom is 0.243 e. The van der Waals surface area contributed by atoms with E-state index in [1.807, 2.05) is 43.3 Å². The highest BCUT2D eigenvalue weighted by molar-refractivity contribution is 7.92. The quantitative estimate of drug-likeness (QED) is 0.748. The van der Waals surface area contributed by atoms with E-state index in [-0.39, 0.29) is 12.5 Å². The highest BCUT2D eigenvalue weighted by Gasteiger charge is 2.23. The van der Waals surface area contributed by atoms with Crippen LogP contribution in [-0.2, 0) is 21.4 Å². The fraction of sp³-hybridized carbons (Fsp3) is 0.263. The Hall–Kier alpha value is -2.85. The minimum Gasteiger partial charge on any atom is -0.337 e. The van der Waals surface area contributed by atoms with Crippen molar-refractivity contribution in [2.75, 3.05) is 23.7 Å².